The molecule has 32 heavy (non-hydrogen) atoms. The van der Waals surface area contributed by atoms with Crippen molar-refractivity contribution in [3.05, 3.63) is 53.1 Å². The molecule has 0 saturated carbocycles. The van der Waals surface area contributed by atoms with E-state index in [4.69, 9.17) is 9.26 Å². The Hall–Kier alpha value is -3.22. The molecule has 2 aromatic carbocycles. The monoisotopic (exact) mass is 452 g/mol. The lowest BCUT2D eigenvalue weighted by Gasteiger charge is -2.14. The molecule has 0 amide bonds. The smallest absolute Gasteiger partial charge is 0.258 e. The first kappa shape index (κ1) is 22.0. The minimum atomic E-state index is -3.31. The van der Waals surface area contributed by atoms with Crippen molar-refractivity contribution in [2.24, 2.45) is 0 Å². The van der Waals surface area contributed by atoms with E-state index < -0.39 is 10.0 Å². The summed E-state index contributed by atoms with van der Waals surface area (Å²) < 4.78 is 38.0. The van der Waals surface area contributed by atoms with Gasteiger partial charge in [-0.1, -0.05) is 23.4 Å². The molecule has 1 aliphatic rings. The summed E-state index contributed by atoms with van der Waals surface area (Å²) in [5.41, 5.74) is 3.78. The first-order valence-electron chi connectivity index (χ1n) is 10.5. The summed E-state index contributed by atoms with van der Waals surface area (Å²) in [5, 5.41) is 13.6. The fourth-order valence-corrected chi connectivity index (χ4v) is 4.69. The number of rotatable bonds is 7. The van der Waals surface area contributed by atoms with Crippen LogP contribution in [0.25, 0.3) is 22.8 Å². The number of fused-ring (bicyclic) bond motifs is 1. The number of ether oxygens (including phenoxy) is 1. The van der Waals surface area contributed by atoms with Crippen LogP contribution in [0.5, 0.6) is 5.75 Å². The minimum absolute atomic E-state index is 0.0401. The first-order chi connectivity index (χ1) is 15.3. The molecule has 0 fully saturated rings. The van der Waals surface area contributed by atoms with Gasteiger partial charge in [0.05, 0.1) is 17.4 Å². The van der Waals surface area contributed by atoms with E-state index in [0.29, 0.717) is 41.4 Å². The molecule has 4 rings (SSSR count). The normalized spacial score (nSPS) is 15.5. The van der Waals surface area contributed by atoms with Gasteiger partial charge in [0.25, 0.3) is 5.89 Å². The Labute approximate surface area is 187 Å². The van der Waals surface area contributed by atoms with Gasteiger partial charge in [-0.3, -0.25) is 0 Å². The van der Waals surface area contributed by atoms with Crippen molar-refractivity contribution in [2.75, 3.05) is 5.75 Å². The number of nitriles is 1. The Bertz CT molecular complexity index is 1290. The van der Waals surface area contributed by atoms with Crippen LogP contribution in [0.15, 0.2) is 40.9 Å². The molecule has 0 radical (unpaired) electrons. The molecule has 166 valence electrons. The Balaban J connectivity index is 1.65. The molecular weight excluding hydrogens is 428 g/mol. The van der Waals surface area contributed by atoms with Crippen molar-refractivity contribution in [1.82, 2.24) is 14.9 Å². The highest BCUT2D eigenvalue weighted by Gasteiger charge is 2.29. The van der Waals surface area contributed by atoms with Crippen LogP contribution in [-0.4, -0.2) is 30.4 Å². The maximum atomic E-state index is 12.0. The second-order valence-electron chi connectivity index (χ2n) is 7.90. The second kappa shape index (κ2) is 8.73. The molecule has 0 saturated heterocycles. The van der Waals surface area contributed by atoms with Gasteiger partial charge in [-0.15, -0.1) is 0 Å². The molecule has 1 atom stereocenters. The molecule has 1 aliphatic carbocycles. The van der Waals surface area contributed by atoms with Crippen LogP contribution in [0.2, 0.25) is 0 Å². The van der Waals surface area contributed by atoms with E-state index >= 15 is 0 Å². The maximum Gasteiger partial charge on any atom is 0.258 e. The number of nitrogens with zero attached hydrogens (tertiary/aromatic N) is 3. The summed E-state index contributed by atoms with van der Waals surface area (Å²) in [6.45, 7) is 5.42. The molecular formula is C23H24N4O4S. The number of nitrogens with one attached hydrogen (secondary N) is 1. The van der Waals surface area contributed by atoms with Gasteiger partial charge in [-0.25, -0.2) is 13.1 Å². The van der Waals surface area contributed by atoms with Gasteiger partial charge < -0.3 is 9.26 Å². The molecule has 9 heteroatoms. The molecule has 1 unspecified atom stereocenters. The van der Waals surface area contributed by atoms with Gasteiger partial charge in [0.15, 0.2) is 0 Å². The van der Waals surface area contributed by atoms with Gasteiger partial charge in [0, 0.05) is 17.2 Å². The van der Waals surface area contributed by atoms with Crippen LogP contribution in [0.3, 0.4) is 0 Å². The van der Waals surface area contributed by atoms with Crippen molar-refractivity contribution < 1.29 is 17.7 Å². The zero-order valence-corrected chi connectivity index (χ0v) is 18.9. The lowest BCUT2D eigenvalue weighted by molar-refractivity contribution is 0.241. The summed E-state index contributed by atoms with van der Waals surface area (Å²) in [6, 6.07) is 12.8. The number of sulfonamides is 1. The van der Waals surface area contributed by atoms with Crippen LogP contribution in [0, 0.1) is 11.3 Å². The quantitative estimate of drug-likeness (QED) is 0.576. The molecule has 0 aliphatic heterocycles. The van der Waals surface area contributed by atoms with Gasteiger partial charge in [0.1, 0.15) is 11.8 Å². The van der Waals surface area contributed by atoms with Crippen molar-refractivity contribution in [3.8, 4) is 34.7 Å². The largest absolute Gasteiger partial charge is 0.490 e. The third-order valence-corrected chi connectivity index (χ3v) is 6.75. The zero-order valence-electron chi connectivity index (χ0n) is 18.1. The Morgan fingerprint density at radius 3 is 2.84 bits per heavy atom. The predicted octanol–water partition coefficient (Wildman–Crippen LogP) is 3.99. The maximum absolute atomic E-state index is 12.0. The average molecular weight is 453 g/mol. The SMILES string of the molecule is CCS(=O)(=O)NC1CCc2c(-c3noc(-c4ccc(OC(C)C)c(C#N)c4)n3)cccc21. The van der Waals surface area contributed by atoms with E-state index in [1.54, 1.807) is 25.1 Å². The Morgan fingerprint density at radius 2 is 2.12 bits per heavy atom. The van der Waals surface area contributed by atoms with E-state index in [9.17, 15) is 13.7 Å². The highest BCUT2D eigenvalue weighted by Crippen LogP contribution is 2.38. The van der Waals surface area contributed by atoms with Gasteiger partial charge in [0.2, 0.25) is 15.8 Å². The van der Waals surface area contributed by atoms with E-state index in [2.05, 4.69) is 20.9 Å². The van der Waals surface area contributed by atoms with E-state index in [1.165, 1.54) is 0 Å². The van der Waals surface area contributed by atoms with Crippen LogP contribution < -0.4 is 9.46 Å². The first-order valence-corrected chi connectivity index (χ1v) is 12.1. The summed E-state index contributed by atoms with van der Waals surface area (Å²) in [7, 11) is -3.31. The molecule has 1 N–H and O–H groups in total. The highest BCUT2D eigenvalue weighted by atomic mass is 32.2. The number of aromatic nitrogens is 2. The molecule has 3 aromatic rings. The summed E-state index contributed by atoms with van der Waals surface area (Å²) >= 11 is 0. The number of hydrogen-bond donors (Lipinski definition) is 1. The third-order valence-electron chi connectivity index (χ3n) is 5.35. The average Bonchev–Trinajstić information content (AvgIpc) is 3.41. The minimum Gasteiger partial charge on any atom is -0.490 e. The van der Waals surface area contributed by atoms with Gasteiger partial charge in [-0.05, 0) is 62.9 Å². The summed E-state index contributed by atoms with van der Waals surface area (Å²) in [5.74, 6) is 1.27. The highest BCUT2D eigenvalue weighted by molar-refractivity contribution is 7.89. The van der Waals surface area contributed by atoms with Crippen LogP contribution in [-0.2, 0) is 16.4 Å². The molecule has 0 bridgehead atoms. The summed E-state index contributed by atoms with van der Waals surface area (Å²) in [6.07, 6.45) is 1.35. The van der Waals surface area contributed by atoms with Crippen LogP contribution in [0.1, 0.15) is 49.9 Å². The summed E-state index contributed by atoms with van der Waals surface area (Å²) in [4.78, 5) is 4.54. The lowest BCUT2D eigenvalue weighted by Crippen LogP contribution is -2.28. The van der Waals surface area contributed by atoms with E-state index in [-0.39, 0.29) is 17.9 Å². The standard InChI is InChI=1S/C23H24N4O4S/c1-4-32(28,29)27-20-10-9-17-18(20)6-5-7-19(17)22-25-23(31-26-22)15-8-11-21(30-14(2)3)16(12-15)13-24/h5-8,11-12,14,20,27H,4,9-10H2,1-3H3. The second-order valence-corrected chi connectivity index (χ2v) is 9.94. The van der Waals surface area contributed by atoms with E-state index in [0.717, 1.165) is 16.7 Å². The Morgan fingerprint density at radius 1 is 1.31 bits per heavy atom. The molecule has 1 heterocycles. The van der Waals surface area contributed by atoms with Crippen molar-refractivity contribution >= 4 is 10.0 Å². The van der Waals surface area contributed by atoms with Crippen LogP contribution >= 0.6 is 0 Å². The van der Waals surface area contributed by atoms with E-state index in [1.807, 2.05) is 32.0 Å². The van der Waals surface area contributed by atoms with Crippen molar-refractivity contribution in [1.29, 1.82) is 5.26 Å². The van der Waals surface area contributed by atoms with Crippen LogP contribution in [0.4, 0.5) is 0 Å². The van der Waals surface area contributed by atoms with Crippen molar-refractivity contribution in [3.63, 3.8) is 0 Å². The van der Waals surface area contributed by atoms with Gasteiger partial charge >= 0.3 is 0 Å². The third kappa shape index (κ3) is 4.38. The lowest BCUT2D eigenvalue weighted by atomic mass is 10.0. The predicted molar refractivity (Wildman–Crippen MR) is 119 cm³/mol. The Kier molecular flexibility index (Phi) is 6.00. The van der Waals surface area contributed by atoms with Crippen molar-refractivity contribution in [2.45, 2.75) is 45.8 Å². The molecule has 8 nitrogen and oxygen atoms in total. The number of benzene rings is 2. The fourth-order valence-electron chi connectivity index (χ4n) is 3.84. The molecule has 1 aromatic heterocycles. The fraction of sp³-hybridized carbons (Fsp3) is 0.348. The topological polar surface area (TPSA) is 118 Å². The molecule has 0 spiro atoms. The zero-order chi connectivity index (χ0) is 22.9. The van der Waals surface area contributed by atoms with Gasteiger partial charge in [-0.2, -0.15) is 10.2 Å². The number of hydrogen-bond acceptors (Lipinski definition) is 7.